The summed E-state index contributed by atoms with van der Waals surface area (Å²) in [7, 11) is 1.59. The van der Waals surface area contributed by atoms with Crippen LogP contribution in [0.4, 0.5) is 0 Å². The van der Waals surface area contributed by atoms with E-state index >= 15 is 0 Å². The maximum absolute atomic E-state index is 11.0. The lowest BCUT2D eigenvalue weighted by Crippen LogP contribution is -2.14. The Labute approximate surface area is 71.2 Å². The SMILES string of the molecule is CCOC(=O)C(=NC)SCC. The summed E-state index contributed by atoms with van der Waals surface area (Å²) in [6.45, 7) is 4.15. The minimum Gasteiger partial charge on any atom is -0.461 e. The summed E-state index contributed by atoms with van der Waals surface area (Å²) >= 11 is 1.40. The van der Waals surface area contributed by atoms with Crippen LogP contribution in [0.1, 0.15) is 13.8 Å². The number of carbonyl (C=O) groups excluding carboxylic acids is 1. The zero-order valence-electron chi connectivity index (χ0n) is 7.09. The van der Waals surface area contributed by atoms with Crippen LogP contribution in [0.5, 0.6) is 0 Å². The highest BCUT2D eigenvalue weighted by Gasteiger charge is 2.10. The number of carbonyl (C=O) groups is 1. The van der Waals surface area contributed by atoms with E-state index in [9.17, 15) is 4.79 Å². The molecule has 0 atom stereocenters. The molecule has 0 N–H and O–H groups in total. The van der Waals surface area contributed by atoms with E-state index in [1.807, 2.05) is 6.92 Å². The predicted molar refractivity (Wildman–Crippen MR) is 48.1 cm³/mol. The Bertz CT molecular complexity index is 157. The summed E-state index contributed by atoms with van der Waals surface area (Å²) in [6.07, 6.45) is 0. The normalized spacial score (nSPS) is 11.4. The van der Waals surface area contributed by atoms with Gasteiger partial charge in [-0.15, -0.1) is 0 Å². The third kappa shape index (κ3) is 4.03. The molecule has 0 saturated heterocycles. The lowest BCUT2D eigenvalue weighted by atomic mass is 10.7. The predicted octanol–water partition coefficient (Wildman–Crippen LogP) is 1.33. The first-order valence-corrected chi connectivity index (χ1v) is 4.51. The molecule has 0 rings (SSSR count). The van der Waals surface area contributed by atoms with E-state index in [0.29, 0.717) is 11.7 Å². The van der Waals surface area contributed by atoms with Gasteiger partial charge in [0.15, 0.2) is 5.04 Å². The Morgan fingerprint density at radius 2 is 2.18 bits per heavy atom. The van der Waals surface area contributed by atoms with Crippen LogP contribution in [0.15, 0.2) is 4.99 Å². The number of esters is 1. The average molecular weight is 175 g/mol. The first-order chi connectivity index (χ1) is 5.26. The Morgan fingerprint density at radius 3 is 2.55 bits per heavy atom. The Hall–Kier alpha value is -0.510. The third-order valence-corrected chi connectivity index (χ3v) is 1.85. The zero-order valence-corrected chi connectivity index (χ0v) is 7.90. The van der Waals surface area contributed by atoms with Gasteiger partial charge in [0.25, 0.3) is 0 Å². The molecule has 3 nitrogen and oxygen atoms in total. The second-order valence-electron chi connectivity index (χ2n) is 1.68. The Morgan fingerprint density at radius 1 is 1.55 bits per heavy atom. The van der Waals surface area contributed by atoms with Gasteiger partial charge in [-0.3, -0.25) is 4.99 Å². The molecule has 0 amide bonds. The van der Waals surface area contributed by atoms with Gasteiger partial charge in [-0.05, 0) is 12.7 Å². The van der Waals surface area contributed by atoms with E-state index in [1.165, 1.54) is 11.8 Å². The van der Waals surface area contributed by atoms with Crippen LogP contribution in [-0.2, 0) is 9.53 Å². The number of rotatable bonds is 2. The fourth-order valence-electron chi connectivity index (χ4n) is 0.544. The first-order valence-electron chi connectivity index (χ1n) is 3.52. The summed E-state index contributed by atoms with van der Waals surface area (Å²) in [6, 6.07) is 0. The molecule has 11 heavy (non-hydrogen) atoms. The largest absolute Gasteiger partial charge is 0.461 e. The van der Waals surface area contributed by atoms with Crippen molar-refractivity contribution in [2.24, 2.45) is 4.99 Å². The third-order valence-electron chi connectivity index (χ3n) is 0.934. The molecule has 0 aromatic heterocycles. The van der Waals surface area contributed by atoms with Crippen molar-refractivity contribution in [3.05, 3.63) is 0 Å². The van der Waals surface area contributed by atoms with Gasteiger partial charge in [0.1, 0.15) is 0 Å². The number of hydrogen-bond acceptors (Lipinski definition) is 4. The van der Waals surface area contributed by atoms with Crippen molar-refractivity contribution in [3.63, 3.8) is 0 Å². The Balaban J connectivity index is 3.94. The molecule has 0 aliphatic rings. The number of aliphatic imine (C=N–C) groups is 1. The second kappa shape index (κ2) is 6.22. The highest BCUT2D eigenvalue weighted by Crippen LogP contribution is 2.04. The summed E-state index contributed by atoms with van der Waals surface area (Å²) in [5.41, 5.74) is 0. The zero-order chi connectivity index (χ0) is 8.69. The second-order valence-corrected chi connectivity index (χ2v) is 2.93. The molecule has 4 heteroatoms. The fourth-order valence-corrected chi connectivity index (χ4v) is 1.12. The highest BCUT2D eigenvalue weighted by atomic mass is 32.2. The summed E-state index contributed by atoms with van der Waals surface area (Å²) in [5, 5.41) is 0.453. The summed E-state index contributed by atoms with van der Waals surface area (Å²) in [4.78, 5) is 14.8. The number of thioether (sulfide) groups is 1. The van der Waals surface area contributed by atoms with Gasteiger partial charge < -0.3 is 4.74 Å². The topological polar surface area (TPSA) is 38.7 Å². The van der Waals surface area contributed by atoms with Gasteiger partial charge in [0.05, 0.1) is 6.61 Å². The molecule has 0 spiro atoms. The van der Waals surface area contributed by atoms with Gasteiger partial charge in [-0.25, -0.2) is 4.79 Å². The smallest absolute Gasteiger partial charge is 0.363 e. The van der Waals surface area contributed by atoms with Gasteiger partial charge in [-0.2, -0.15) is 0 Å². The molecule has 0 radical (unpaired) electrons. The van der Waals surface area contributed by atoms with Gasteiger partial charge in [0.2, 0.25) is 0 Å². The van der Waals surface area contributed by atoms with E-state index < -0.39 is 0 Å². The lowest BCUT2D eigenvalue weighted by Gasteiger charge is -2.01. The highest BCUT2D eigenvalue weighted by molar-refractivity contribution is 8.15. The molecule has 0 aromatic rings. The van der Waals surface area contributed by atoms with Crippen molar-refractivity contribution in [3.8, 4) is 0 Å². The van der Waals surface area contributed by atoms with Crippen LogP contribution in [0.2, 0.25) is 0 Å². The van der Waals surface area contributed by atoms with Crippen LogP contribution in [-0.4, -0.2) is 30.4 Å². The minimum absolute atomic E-state index is 0.318. The monoisotopic (exact) mass is 175 g/mol. The van der Waals surface area contributed by atoms with Crippen LogP contribution in [0, 0.1) is 0 Å². The van der Waals surface area contributed by atoms with Crippen molar-refractivity contribution in [1.29, 1.82) is 0 Å². The number of nitrogens with zero attached hydrogens (tertiary/aromatic N) is 1. The van der Waals surface area contributed by atoms with E-state index in [4.69, 9.17) is 4.74 Å². The Kier molecular flexibility index (Phi) is 5.93. The van der Waals surface area contributed by atoms with Crippen LogP contribution in [0.25, 0.3) is 0 Å². The van der Waals surface area contributed by atoms with E-state index in [2.05, 4.69) is 4.99 Å². The number of hydrogen-bond donors (Lipinski definition) is 0. The van der Waals surface area contributed by atoms with E-state index in [-0.39, 0.29) is 5.97 Å². The molecule has 0 saturated carbocycles. The molecule has 0 aliphatic heterocycles. The van der Waals surface area contributed by atoms with Crippen molar-refractivity contribution >= 4 is 22.8 Å². The molecule has 0 heterocycles. The molecule has 0 aromatic carbocycles. The molecule has 0 fully saturated rings. The van der Waals surface area contributed by atoms with Gasteiger partial charge >= 0.3 is 5.97 Å². The van der Waals surface area contributed by atoms with Crippen molar-refractivity contribution in [1.82, 2.24) is 0 Å². The fraction of sp³-hybridized carbons (Fsp3) is 0.714. The van der Waals surface area contributed by atoms with Crippen LogP contribution >= 0.6 is 11.8 Å². The molecule has 0 unspecified atom stereocenters. The van der Waals surface area contributed by atoms with Crippen molar-refractivity contribution in [2.75, 3.05) is 19.4 Å². The quantitative estimate of drug-likeness (QED) is 0.361. The maximum Gasteiger partial charge on any atom is 0.363 e. The molecule has 0 aliphatic carbocycles. The van der Waals surface area contributed by atoms with Crippen LogP contribution < -0.4 is 0 Å². The lowest BCUT2D eigenvalue weighted by molar-refractivity contribution is -0.134. The summed E-state index contributed by atoms with van der Waals surface area (Å²) < 4.78 is 4.76. The van der Waals surface area contributed by atoms with Crippen molar-refractivity contribution in [2.45, 2.75) is 13.8 Å². The number of ether oxygens (including phenoxy) is 1. The van der Waals surface area contributed by atoms with Gasteiger partial charge in [0, 0.05) is 7.05 Å². The van der Waals surface area contributed by atoms with E-state index in [1.54, 1.807) is 14.0 Å². The van der Waals surface area contributed by atoms with Gasteiger partial charge in [-0.1, -0.05) is 18.7 Å². The average Bonchev–Trinajstić information content (AvgIpc) is 2.00. The summed E-state index contributed by atoms with van der Waals surface area (Å²) in [5.74, 6) is 0.521. The molecular formula is C7H13NO2S. The molecular weight excluding hydrogens is 162 g/mol. The minimum atomic E-state index is -0.318. The molecule has 0 bridgehead atoms. The standard InChI is InChI=1S/C7H13NO2S/c1-4-10-7(9)6(8-3)11-5-2/h4-5H2,1-3H3. The first kappa shape index (κ1) is 10.5. The van der Waals surface area contributed by atoms with Crippen molar-refractivity contribution < 1.29 is 9.53 Å². The molecule has 64 valence electrons. The maximum atomic E-state index is 11.0. The van der Waals surface area contributed by atoms with E-state index in [0.717, 1.165) is 5.75 Å². The van der Waals surface area contributed by atoms with Crippen LogP contribution in [0.3, 0.4) is 0 Å².